The first-order valence-electron chi connectivity index (χ1n) is 11.5. The van der Waals surface area contributed by atoms with E-state index in [9.17, 15) is 14.7 Å². The number of rotatable bonds is 8. The summed E-state index contributed by atoms with van der Waals surface area (Å²) in [4.78, 5) is 29.8. The number of hydrogen-bond donors (Lipinski definition) is 2. The normalized spacial score (nSPS) is 15.8. The summed E-state index contributed by atoms with van der Waals surface area (Å²) < 4.78 is 0. The van der Waals surface area contributed by atoms with Crippen LogP contribution in [0.3, 0.4) is 0 Å². The van der Waals surface area contributed by atoms with E-state index in [0.29, 0.717) is 23.5 Å². The average Bonchev–Trinajstić information content (AvgIpc) is 3.23. The molecule has 5 nitrogen and oxygen atoms in total. The van der Waals surface area contributed by atoms with E-state index in [4.69, 9.17) is 0 Å². The Bertz CT molecular complexity index is 1090. The number of nitrogens with one attached hydrogen (secondary N) is 1. The number of hydrogen-bond acceptors (Lipinski definition) is 3. The van der Waals surface area contributed by atoms with Gasteiger partial charge in [0.25, 0.3) is 0 Å². The lowest BCUT2D eigenvalue weighted by atomic mass is 9.84. The molecule has 0 saturated carbocycles. The van der Waals surface area contributed by atoms with E-state index >= 15 is 0 Å². The first-order valence-corrected chi connectivity index (χ1v) is 11.5. The zero-order valence-corrected chi connectivity index (χ0v) is 18.9. The summed E-state index contributed by atoms with van der Waals surface area (Å²) in [6, 6.07) is 15.5. The van der Waals surface area contributed by atoms with E-state index in [0.717, 1.165) is 38.9 Å². The molecule has 0 aliphatic carbocycles. The third-order valence-corrected chi connectivity index (χ3v) is 6.99. The van der Waals surface area contributed by atoms with Crippen LogP contribution in [0.4, 0.5) is 0 Å². The number of ketones is 1. The molecule has 0 amide bonds. The molecule has 2 heterocycles. The molecule has 1 saturated heterocycles. The Hall–Kier alpha value is -2.92. The van der Waals surface area contributed by atoms with Crippen LogP contribution < -0.4 is 0 Å². The number of carbonyl (C=O) groups excluding carboxylic acids is 1. The highest BCUT2D eigenvalue weighted by atomic mass is 16.4. The molecule has 32 heavy (non-hydrogen) atoms. The molecule has 1 aromatic heterocycles. The Morgan fingerprint density at radius 3 is 2.44 bits per heavy atom. The minimum absolute atomic E-state index is 0.123. The van der Waals surface area contributed by atoms with Crippen LogP contribution in [0.5, 0.6) is 0 Å². The van der Waals surface area contributed by atoms with Crippen molar-refractivity contribution >= 4 is 22.7 Å². The van der Waals surface area contributed by atoms with E-state index in [1.54, 1.807) is 38.1 Å². The third kappa shape index (κ3) is 4.63. The van der Waals surface area contributed by atoms with E-state index in [1.165, 1.54) is 16.5 Å². The fourth-order valence-electron chi connectivity index (χ4n) is 4.70. The average molecular weight is 433 g/mol. The van der Waals surface area contributed by atoms with E-state index in [2.05, 4.69) is 40.3 Å². The molecule has 1 aliphatic rings. The Morgan fingerprint density at radius 1 is 1.06 bits per heavy atom. The maximum atomic E-state index is 12.6. The summed E-state index contributed by atoms with van der Waals surface area (Å²) in [5.74, 6) is -0.152. The molecule has 0 spiro atoms. The Kier molecular flexibility index (Phi) is 6.47. The maximum absolute atomic E-state index is 12.6. The van der Waals surface area contributed by atoms with Crippen molar-refractivity contribution in [1.29, 1.82) is 0 Å². The van der Waals surface area contributed by atoms with Gasteiger partial charge in [-0.25, -0.2) is 0 Å². The standard InChI is InChI=1S/C27H32N2O3/c1-27(2,26(31)32)21-11-9-20(10-12-21)25(30)8-5-15-29-16-13-19(14-17-29)23-18-28-24-7-4-3-6-22(23)24/h3-4,6-7,9-12,18-19,28H,5,8,13-17H2,1-2H3,(H,31,32). The summed E-state index contributed by atoms with van der Waals surface area (Å²) in [6.07, 6.45) is 5.84. The number of likely N-dealkylation sites (tertiary alicyclic amines) is 1. The second kappa shape index (κ2) is 9.29. The molecule has 0 bridgehead atoms. The molecule has 4 rings (SSSR count). The summed E-state index contributed by atoms with van der Waals surface area (Å²) in [6.45, 7) is 6.42. The highest BCUT2D eigenvalue weighted by Crippen LogP contribution is 2.33. The molecule has 0 unspecified atom stereocenters. The quantitative estimate of drug-likeness (QED) is 0.469. The topological polar surface area (TPSA) is 73.4 Å². The molecule has 2 N–H and O–H groups in total. The molecule has 1 fully saturated rings. The summed E-state index contributed by atoms with van der Waals surface area (Å²) in [5.41, 5.74) is 3.06. The predicted octanol–water partition coefficient (Wildman–Crippen LogP) is 5.37. The Labute approximate surface area is 189 Å². The van der Waals surface area contributed by atoms with Crippen molar-refractivity contribution in [3.05, 3.63) is 71.4 Å². The van der Waals surface area contributed by atoms with Gasteiger partial charge in [-0.15, -0.1) is 0 Å². The number of fused-ring (bicyclic) bond motifs is 1. The zero-order valence-electron chi connectivity index (χ0n) is 18.9. The SMILES string of the molecule is CC(C)(C(=O)O)c1ccc(C(=O)CCCN2CCC(c3c[nH]c4ccccc34)CC2)cc1. The number of carbonyl (C=O) groups is 2. The summed E-state index contributed by atoms with van der Waals surface area (Å²) >= 11 is 0. The van der Waals surface area contributed by atoms with Gasteiger partial charge in [0, 0.05) is 29.1 Å². The largest absolute Gasteiger partial charge is 0.481 e. The van der Waals surface area contributed by atoms with Crippen molar-refractivity contribution < 1.29 is 14.7 Å². The molecule has 1 aliphatic heterocycles. The molecule has 0 radical (unpaired) electrons. The number of piperidine rings is 1. The van der Waals surface area contributed by atoms with E-state index < -0.39 is 11.4 Å². The lowest BCUT2D eigenvalue weighted by Gasteiger charge is -2.31. The van der Waals surface area contributed by atoms with Crippen LogP contribution >= 0.6 is 0 Å². The zero-order chi connectivity index (χ0) is 22.7. The number of nitrogens with zero attached hydrogens (tertiary/aromatic N) is 1. The number of carboxylic acid groups (broad SMARTS) is 1. The Balaban J connectivity index is 1.24. The second-order valence-corrected chi connectivity index (χ2v) is 9.44. The fraction of sp³-hybridized carbons (Fsp3) is 0.407. The smallest absolute Gasteiger partial charge is 0.313 e. The number of para-hydroxylation sites is 1. The number of Topliss-reactive ketones (excluding diaryl/α,β-unsaturated/α-hetero) is 1. The van der Waals surface area contributed by atoms with Crippen molar-refractivity contribution in [3.63, 3.8) is 0 Å². The lowest BCUT2D eigenvalue weighted by Crippen LogP contribution is -2.33. The number of aromatic amines is 1. The van der Waals surface area contributed by atoms with Crippen molar-refractivity contribution in [2.75, 3.05) is 19.6 Å². The number of benzene rings is 2. The summed E-state index contributed by atoms with van der Waals surface area (Å²) in [5, 5.41) is 10.7. The minimum atomic E-state index is -0.958. The fourth-order valence-corrected chi connectivity index (χ4v) is 4.70. The van der Waals surface area contributed by atoms with Crippen LogP contribution in [-0.4, -0.2) is 46.4 Å². The van der Waals surface area contributed by atoms with Crippen molar-refractivity contribution in [3.8, 4) is 0 Å². The van der Waals surface area contributed by atoms with Crippen LogP contribution in [0.1, 0.15) is 66.9 Å². The predicted molar refractivity (Wildman–Crippen MR) is 127 cm³/mol. The van der Waals surface area contributed by atoms with Gasteiger partial charge < -0.3 is 15.0 Å². The molecule has 3 aromatic rings. The van der Waals surface area contributed by atoms with E-state index in [1.807, 2.05) is 0 Å². The molecule has 5 heteroatoms. The maximum Gasteiger partial charge on any atom is 0.313 e. The minimum Gasteiger partial charge on any atom is -0.481 e. The summed E-state index contributed by atoms with van der Waals surface area (Å²) in [7, 11) is 0. The molecule has 168 valence electrons. The molecule has 2 aromatic carbocycles. The first-order chi connectivity index (χ1) is 15.4. The molecule has 0 atom stereocenters. The third-order valence-electron chi connectivity index (χ3n) is 6.99. The van der Waals surface area contributed by atoms with Gasteiger partial charge >= 0.3 is 5.97 Å². The van der Waals surface area contributed by atoms with Crippen molar-refractivity contribution in [2.24, 2.45) is 0 Å². The van der Waals surface area contributed by atoms with Crippen molar-refractivity contribution in [1.82, 2.24) is 9.88 Å². The van der Waals surface area contributed by atoms with Gasteiger partial charge in [0.15, 0.2) is 5.78 Å². The van der Waals surface area contributed by atoms with Crippen LogP contribution in [0.2, 0.25) is 0 Å². The van der Waals surface area contributed by atoms with Crippen molar-refractivity contribution in [2.45, 2.75) is 50.9 Å². The monoisotopic (exact) mass is 432 g/mol. The number of aromatic nitrogens is 1. The second-order valence-electron chi connectivity index (χ2n) is 9.44. The lowest BCUT2D eigenvalue weighted by molar-refractivity contribution is -0.142. The van der Waals surface area contributed by atoms with Gasteiger partial charge in [0.2, 0.25) is 0 Å². The number of aliphatic carboxylic acids is 1. The Morgan fingerprint density at radius 2 is 1.75 bits per heavy atom. The van der Waals surface area contributed by atoms with Crippen LogP contribution in [0.15, 0.2) is 54.7 Å². The highest BCUT2D eigenvalue weighted by Gasteiger charge is 2.29. The van der Waals surface area contributed by atoms with Crippen LogP contribution in [-0.2, 0) is 10.2 Å². The number of H-pyrrole nitrogens is 1. The van der Waals surface area contributed by atoms with Gasteiger partial charge in [0.1, 0.15) is 0 Å². The first kappa shape index (κ1) is 22.3. The van der Waals surface area contributed by atoms with Crippen LogP contribution in [0.25, 0.3) is 10.9 Å². The molecular formula is C27H32N2O3. The van der Waals surface area contributed by atoms with Gasteiger partial charge in [-0.1, -0.05) is 42.5 Å². The van der Waals surface area contributed by atoms with Gasteiger partial charge in [-0.05, 0) is 75.9 Å². The molecular weight excluding hydrogens is 400 g/mol. The van der Waals surface area contributed by atoms with Gasteiger partial charge in [-0.2, -0.15) is 0 Å². The van der Waals surface area contributed by atoms with Gasteiger partial charge in [0.05, 0.1) is 5.41 Å². The van der Waals surface area contributed by atoms with E-state index in [-0.39, 0.29) is 5.78 Å². The van der Waals surface area contributed by atoms with Gasteiger partial charge in [-0.3, -0.25) is 9.59 Å². The van der Waals surface area contributed by atoms with Crippen LogP contribution in [0, 0.1) is 0 Å². The highest BCUT2D eigenvalue weighted by molar-refractivity contribution is 5.96. The number of carboxylic acids is 1.